The Morgan fingerprint density at radius 1 is 1.43 bits per heavy atom. The van der Waals surface area contributed by atoms with Crippen molar-refractivity contribution >= 4 is 28.3 Å². The predicted octanol–water partition coefficient (Wildman–Crippen LogP) is 2.69. The van der Waals surface area contributed by atoms with Crippen LogP contribution in [0.2, 0.25) is 0 Å². The Balaban J connectivity index is 2.57. The molecular formula is C9H16ClN3S. The molecule has 3 nitrogen and oxygen atoms in total. The Hall–Kier alpha value is -0.350. The lowest BCUT2D eigenvalue weighted by Crippen LogP contribution is -2.26. The van der Waals surface area contributed by atoms with Gasteiger partial charge in [0, 0.05) is 30.5 Å². The van der Waals surface area contributed by atoms with Crippen LogP contribution in [0.3, 0.4) is 0 Å². The van der Waals surface area contributed by atoms with Crippen LogP contribution >= 0.6 is 23.1 Å². The van der Waals surface area contributed by atoms with Crippen molar-refractivity contribution in [1.82, 2.24) is 9.36 Å². The average molecular weight is 234 g/mol. The molecule has 1 aromatic rings. The van der Waals surface area contributed by atoms with Crippen LogP contribution in [0, 0.1) is 6.92 Å². The largest absolute Gasteiger partial charge is 0.346 e. The van der Waals surface area contributed by atoms with E-state index < -0.39 is 0 Å². The van der Waals surface area contributed by atoms with E-state index in [9.17, 15) is 0 Å². The quantitative estimate of drug-likeness (QED) is 0.708. The van der Waals surface area contributed by atoms with Crippen molar-refractivity contribution in [2.45, 2.75) is 26.7 Å². The number of hydrogen-bond acceptors (Lipinski definition) is 4. The molecule has 1 aromatic heterocycles. The van der Waals surface area contributed by atoms with E-state index in [4.69, 9.17) is 11.6 Å². The third kappa shape index (κ3) is 3.42. The summed E-state index contributed by atoms with van der Waals surface area (Å²) >= 11 is 7.20. The summed E-state index contributed by atoms with van der Waals surface area (Å²) < 4.78 is 4.17. The van der Waals surface area contributed by atoms with Crippen LogP contribution in [0.15, 0.2) is 0 Å². The van der Waals surface area contributed by atoms with E-state index >= 15 is 0 Å². The maximum atomic E-state index is 5.75. The molecule has 0 saturated carbocycles. The lowest BCUT2D eigenvalue weighted by molar-refractivity contribution is 0.731. The van der Waals surface area contributed by atoms with Gasteiger partial charge < -0.3 is 4.90 Å². The minimum Gasteiger partial charge on any atom is -0.346 e. The van der Waals surface area contributed by atoms with Gasteiger partial charge in [0.2, 0.25) is 5.13 Å². The fourth-order valence-electron chi connectivity index (χ4n) is 1.17. The van der Waals surface area contributed by atoms with Crippen molar-refractivity contribution < 1.29 is 0 Å². The monoisotopic (exact) mass is 233 g/mol. The highest BCUT2D eigenvalue weighted by molar-refractivity contribution is 7.09. The van der Waals surface area contributed by atoms with Gasteiger partial charge in [-0.1, -0.05) is 13.3 Å². The van der Waals surface area contributed by atoms with Crippen LogP contribution < -0.4 is 4.90 Å². The van der Waals surface area contributed by atoms with Gasteiger partial charge in [0.15, 0.2) is 0 Å². The number of rotatable bonds is 6. The van der Waals surface area contributed by atoms with E-state index in [1.54, 1.807) is 0 Å². The first-order valence-corrected chi connectivity index (χ1v) is 6.20. The smallest absolute Gasteiger partial charge is 0.205 e. The van der Waals surface area contributed by atoms with Gasteiger partial charge in [0.25, 0.3) is 0 Å². The maximum absolute atomic E-state index is 5.75. The van der Waals surface area contributed by atoms with E-state index in [0.29, 0.717) is 5.88 Å². The summed E-state index contributed by atoms with van der Waals surface area (Å²) in [5.74, 6) is 1.49. The van der Waals surface area contributed by atoms with Gasteiger partial charge in [0.1, 0.15) is 5.82 Å². The Kier molecular flexibility index (Phi) is 5.19. The first kappa shape index (κ1) is 11.7. The first-order valence-electron chi connectivity index (χ1n) is 4.89. The minimum absolute atomic E-state index is 0.641. The number of anilines is 1. The van der Waals surface area contributed by atoms with Crippen LogP contribution in [0.25, 0.3) is 0 Å². The summed E-state index contributed by atoms with van der Waals surface area (Å²) in [6, 6.07) is 0. The molecule has 80 valence electrons. The van der Waals surface area contributed by atoms with Crippen molar-refractivity contribution in [3.05, 3.63) is 5.82 Å². The Bertz CT molecular complexity index is 264. The fraction of sp³-hybridized carbons (Fsp3) is 0.778. The van der Waals surface area contributed by atoms with Crippen molar-refractivity contribution in [3.8, 4) is 0 Å². The number of aryl methyl sites for hydroxylation is 1. The lowest BCUT2D eigenvalue weighted by atomic mass is 10.3. The average Bonchev–Trinajstić information content (AvgIpc) is 2.59. The molecule has 1 rings (SSSR count). The summed E-state index contributed by atoms with van der Waals surface area (Å²) in [6.07, 6.45) is 2.37. The van der Waals surface area contributed by atoms with Gasteiger partial charge in [-0.25, -0.2) is 4.98 Å². The second kappa shape index (κ2) is 6.19. The van der Waals surface area contributed by atoms with E-state index in [2.05, 4.69) is 21.2 Å². The van der Waals surface area contributed by atoms with Crippen LogP contribution in [0.5, 0.6) is 0 Å². The molecule has 0 fully saturated rings. The molecule has 0 aromatic carbocycles. The number of aromatic nitrogens is 2. The second-order valence-corrected chi connectivity index (χ2v) is 4.26. The van der Waals surface area contributed by atoms with Crippen molar-refractivity contribution in [2.75, 3.05) is 23.9 Å². The third-order valence-corrected chi connectivity index (χ3v) is 2.96. The van der Waals surface area contributed by atoms with E-state index in [1.165, 1.54) is 24.4 Å². The molecule has 0 aliphatic carbocycles. The molecule has 0 atom stereocenters. The molecular weight excluding hydrogens is 218 g/mol. The van der Waals surface area contributed by atoms with E-state index in [-0.39, 0.29) is 0 Å². The molecule has 1 heterocycles. The van der Waals surface area contributed by atoms with Gasteiger partial charge in [-0.2, -0.15) is 4.37 Å². The predicted molar refractivity (Wildman–Crippen MR) is 62.5 cm³/mol. The van der Waals surface area contributed by atoms with Crippen LogP contribution in [0.4, 0.5) is 5.13 Å². The molecule has 0 spiro atoms. The van der Waals surface area contributed by atoms with Gasteiger partial charge in [-0.05, 0) is 13.3 Å². The molecule has 0 bridgehead atoms. The standard InChI is InChI=1S/C9H16ClN3S/c1-3-4-6-13(7-5-10)9-11-8(2)12-14-9/h3-7H2,1-2H3. The highest BCUT2D eigenvalue weighted by Gasteiger charge is 2.09. The van der Waals surface area contributed by atoms with Crippen molar-refractivity contribution in [3.63, 3.8) is 0 Å². The zero-order chi connectivity index (χ0) is 10.4. The van der Waals surface area contributed by atoms with Gasteiger partial charge in [0.05, 0.1) is 0 Å². The number of unbranched alkanes of at least 4 members (excludes halogenated alkanes) is 1. The molecule has 5 heteroatoms. The molecule has 0 N–H and O–H groups in total. The number of halogens is 1. The molecule has 0 radical (unpaired) electrons. The number of hydrogen-bond donors (Lipinski definition) is 0. The first-order chi connectivity index (χ1) is 6.77. The van der Waals surface area contributed by atoms with E-state index in [1.807, 2.05) is 6.92 Å². The molecule has 0 unspecified atom stereocenters. The van der Waals surface area contributed by atoms with Crippen LogP contribution in [-0.2, 0) is 0 Å². The van der Waals surface area contributed by atoms with Crippen molar-refractivity contribution in [2.24, 2.45) is 0 Å². The fourth-order valence-corrected chi connectivity index (χ4v) is 2.10. The van der Waals surface area contributed by atoms with Crippen LogP contribution in [0.1, 0.15) is 25.6 Å². The molecule has 0 saturated heterocycles. The number of nitrogens with zero attached hydrogens (tertiary/aromatic N) is 3. The highest BCUT2D eigenvalue weighted by atomic mass is 35.5. The third-order valence-electron chi connectivity index (χ3n) is 1.92. The SMILES string of the molecule is CCCCN(CCCl)c1nc(C)ns1. The normalized spacial score (nSPS) is 10.5. The van der Waals surface area contributed by atoms with Crippen LogP contribution in [-0.4, -0.2) is 28.3 Å². The summed E-state index contributed by atoms with van der Waals surface area (Å²) in [6.45, 7) is 5.98. The Labute approximate surface area is 94.3 Å². The summed E-state index contributed by atoms with van der Waals surface area (Å²) in [7, 11) is 0. The zero-order valence-corrected chi connectivity index (χ0v) is 10.2. The molecule has 0 aliphatic heterocycles. The summed E-state index contributed by atoms with van der Waals surface area (Å²) in [5, 5.41) is 0.997. The topological polar surface area (TPSA) is 29.0 Å². The molecule has 14 heavy (non-hydrogen) atoms. The summed E-state index contributed by atoms with van der Waals surface area (Å²) in [5.41, 5.74) is 0. The zero-order valence-electron chi connectivity index (χ0n) is 8.66. The van der Waals surface area contributed by atoms with Gasteiger partial charge in [-0.15, -0.1) is 11.6 Å². The highest BCUT2D eigenvalue weighted by Crippen LogP contribution is 2.17. The number of alkyl halides is 1. The molecule has 0 amide bonds. The lowest BCUT2D eigenvalue weighted by Gasteiger charge is -2.19. The summed E-state index contributed by atoms with van der Waals surface area (Å²) in [4.78, 5) is 6.57. The second-order valence-electron chi connectivity index (χ2n) is 3.15. The van der Waals surface area contributed by atoms with Gasteiger partial charge in [-0.3, -0.25) is 0 Å². The Morgan fingerprint density at radius 2 is 2.21 bits per heavy atom. The Morgan fingerprint density at radius 3 is 2.71 bits per heavy atom. The minimum atomic E-state index is 0.641. The molecule has 0 aliphatic rings. The van der Waals surface area contributed by atoms with E-state index in [0.717, 1.165) is 24.0 Å². The maximum Gasteiger partial charge on any atom is 0.205 e. The van der Waals surface area contributed by atoms with Crippen molar-refractivity contribution in [1.29, 1.82) is 0 Å². The van der Waals surface area contributed by atoms with Gasteiger partial charge >= 0.3 is 0 Å².